The van der Waals surface area contributed by atoms with Gasteiger partial charge >= 0.3 is 11.9 Å². The summed E-state index contributed by atoms with van der Waals surface area (Å²) in [6, 6.07) is 8.87. The number of pyridine rings is 1. The second-order valence-corrected chi connectivity index (χ2v) is 4.45. The van der Waals surface area contributed by atoms with E-state index in [0.29, 0.717) is 5.56 Å². The first-order valence-corrected chi connectivity index (χ1v) is 6.48. The van der Waals surface area contributed by atoms with Gasteiger partial charge in [0, 0.05) is 12.3 Å². The van der Waals surface area contributed by atoms with Gasteiger partial charge in [-0.2, -0.15) is 0 Å². The Balaban J connectivity index is 2.12. The third-order valence-electron chi connectivity index (χ3n) is 2.85. The lowest BCUT2D eigenvalue weighted by molar-refractivity contribution is -0.111. The maximum absolute atomic E-state index is 11.9. The highest BCUT2D eigenvalue weighted by Gasteiger charge is 2.10. The molecule has 1 aromatic carbocycles. The molecule has 116 valence electrons. The van der Waals surface area contributed by atoms with E-state index in [9.17, 15) is 14.4 Å². The molecule has 1 amide bonds. The second-order valence-electron chi connectivity index (χ2n) is 4.45. The molecule has 0 saturated heterocycles. The van der Waals surface area contributed by atoms with Crippen LogP contribution >= 0.6 is 0 Å². The Hall–Kier alpha value is -3.48. The summed E-state index contributed by atoms with van der Waals surface area (Å²) in [6.07, 6.45) is 3.91. The lowest BCUT2D eigenvalue weighted by Gasteiger charge is -2.05. The van der Waals surface area contributed by atoms with Crippen LogP contribution in [0.1, 0.15) is 26.4 Å². The lowest BCUT2D eigenvalue weighted by atomic mass is 10.1. The third kappa shape index (κ3) is 4.24. The van der Waals surface area contributed by atoms with Crippen LogP contribution in [0.3, 0.4) is 0 Å². The van der Waals surface area contributed by atoms with E-state index in [-0.39, 0.29) is 16.9 Å². The van der Waals surface area contributed by atoms with E-state index in [4.69, 9.17) is 10.2 Å². The van der Waals surface area contributed by atoms with E-state index in [1.54, 1.807) is 18.2 Å². The summed E-state index contributed by atoms with van der Waals surface area (Å²) in [5.41, 5.74) is 0.504. The average molecular weight is 312 g/mol. The van der Waals surface area contributed by atoms with Crippen molar-refractivity contribution in [1.29, 1.82) is 0 Å². The number of nitrogens with zero attached hydrogens (tertiary/aromatic N) is 1. The van der Waals surface area contributed by atoms with Crippen molar-refractivity contribution >= 4 is 29.6 Å². The Morgan fingerprint density at radius 1 is 1.04 bits per heavy atom. The van der Waals surface area contributed by atoms with Crippen molar-refractivity contribution in [2.45, 2.75) is 0 Å². The fourth-order valence-electron chi connectivity index (χ4n) is 1.79. The minimum absolute atomic E-state index is 0.0219. The van der Waals surface area contributed by atoms with E-state index in [1.165, 1.54) is 36.5 Å². The van der Waals surface area contributed by atoms with Gasteiger partial charge in [0.2, 0.25) is 5.91 Å². The molecule has 0 saturated carbocycles. The van der Waals surface area contributed by atoms with Gasteiger partial charge in [-0.05, 0) is 35.9 Å². The summed E-state index contributed by atoms with van der Waals surface area (Å²) in [7, 11) is 0. The molecule has 23 heavy (non-hydrogen) atoms. The van der Waals surface area contributed by atoms with E-state index in [0.717, 1.165) is 0 Å². The summed E-state index contributed by atoms with van der Waals surface area (Å²) in [4.78, 5) is 37.4. The number of para-hydroxylation sites is 1. The Morgan fingerprint density at radius 2 is 1.78 bits per heavy atom. The average Bonchev–Trinajstić information content (AvgIpc) is 2.53. The molecule has 2 rings (SSSR count). The van der Waals surface area contributed by atoms with Crippen molar-refractivity contribution < 1.29 is 24.6 Å². The van der Waals surface area contributed by atoms with Crippen LogP contribution in [0.4, 0.5) is 5.69 Å². The number of nitrogens with one attached hydrogen (secondary N) is 1. The zero-order valence-corrected chi connectivity index (χ0v) is 11.8. The van der Waals surface area contributed by atoms with Crippen molar-refractivity contribution in [3.8, 4) is 0 Å². The number of anilines is 1. The molecule has 3 N–H and O–H groups in total. The molecule has 0 radical (unpaired) electrons. The zero-order chi connectivity index (χ0) is 16.8. The monoisotopic (exact) mass is 312 g/mol. The van der Waals surface area contributed by atoms with Gasteiger partial charge < -0.3 is 15.5 Å². The number of hydrogen-bond acceptors (Lipinski definition) is 4. The number of carboxylic acid groups (broad SMARTS) is 2. The predicted molar refractivity (Wildman–Crippen MR) is 82.3 cm³/mol. The first kappa shape index (κ1) is 15.9. The summed E-state index contributed by atoms with van der Waals surface area (Å²) in [5, 5.41) is 20.3. The first-order valence-electron chi connectivity index (χ1n) is 6.48. The molecule has 0 aliphatic heterocycles. The minimum atomic E-state index is -1.17. The molecule has 0 spiro atoms. The van der Waals surface area contributed by atoms with Crippen molar-refractivity contribution in [2.24, 2.45) is 0 Å². The molecule has 0 aliphatic carbocycles. The number of aromatic carboxylic acids is 2. The number of amides is 1. The molecule has 7 heteroatoms. The maximum atomic E-state index is 11.9. The minimum Gasteiger partial charge on any atom is -0.478 e. The van der Waals surface area contributed by atoms with E-state index >= 15 is 0 Å². The number of rotatable bonds is 5. The molecular weight excluding hydrogens is 300 g/mol. The fourth-order valence-corrected chi connectivity index (χ4v) is 1.79. The van der Waals surface area contributed by atoms with Crippen molar-refractivity contribution in [3.63, 3.8) is 0 Å². The van der Waals surface area contributed by atoms with E-state index in [1.807, 2.05) is 0 Å². The Labute approximate surface area is 130 Å². The van der Waals surface area contributed by atoms with Crippen LogP contribution in [0, 0.1) is 0 Å². The number of carboxylic acids is 2. The van der Waals surface area contributed by atoms with Crippen LogP contribution in [0.5, 0.6) is 0 Å². The van der Waals surface area contributed by atoms with Crippen LogP contribution in [-0.2, 0) is 4.79 Å². The number of aromatic nitrogens is 1. The van der Waals surface area contributed by atoms with Crippen molar-refractivity contribution in [1.82, 2.24) is 4.98 Å². The summed E-state index contributed by atoms with van der Waals surface area (Å²) in [5.74, 6) is -2.85. The van der Waals surface area contributed by atoms with Gasteiger partial charge in [0.1, 0.15) is 5.69 Å². The Kier molecular flexibility index (Phi) is 4.83. The predicted octanol–water partition coefficient (Wildman–Crippen LogP) is 2.13. The van der Waals surface area contributed by atoms with Crippen LogP contribution in [0.15, 0.2) is 48.7 Å². The highest BCUT2D eigenvalue weighted by Crippen LogP contribution is 2.15. The van der Waals surface area contributed by atoms with Gasteiger partial charge in [-0.15, -0.1) is 0 Å². The summed E-state index contributed by atoms with van der Waals surface area (Å²) < 4.78 is 0. The van der Waals surface area contributed by atoms with Gasteiger partial charge in [-0.1, -0.05) is 12.1 Å². The van der Waals surface area contributed by atoms with Gasteiger partial charge in [-0.3, -0.25) is 4.79 Å². The highest BCUT2D eigenvalue weighted by molar-refractivity contribution is 6.06. The maximum Gasteiger partial charge on any atom is 0.354 e. The number of benzene rings is 1. The Bertz CT molecular complexity index is 799. The molecule has 0 aliphatic rings. The van der Waals surface area contributed by atoms with Crippen LogP contribution < -0.4 is 5.32 Å². The van der Waals surface area contributed by atoms with Gasteiger partial charge in [0.25, 0.3) is 0 Å². The fraction of sp³-hybridized carbons (Fsp3) is 0. The zero-order valence-electron chi connectivity index (χ0n) is 11.8. The van der Waals surface area contributed by atoms with Crippen molar-refractivity contribution in [2.75, 3.05) is 5.32 Å². The van der Waals surface area contributed by atoms with Gasteiger partial charge in [0.15, 0.2) is 0 Å². The molecule has 0 atom stereocenters. The SMILES string of the molecule is O=C(C=Cc1ccnc(C(=O)O)c1)Nc1ccccc1C(=O)O. The standard InChI is InChI=1S/C16H12N2O5/c19-14(18-12-4-2-1-3-11(12)15(20)21)6-5-10-7-8-17-13(9-10)16(22)23/h1-9H,(H,18,19)(H,20,21)(H,22,23). The normalized spacial score (nSPS) is 10.4. The Morgan fingerprint density at radius 3 is 2.48 bits per heavy atom. The highest BCUT2D eigenvalue weighted by atomic mass is 16.4. The molecule has 7 nitrogen and oxygen atoms in total. The molecule has 1 heterocycles. The third-order valence-corrected chi connectivity index (χ3v) is 2.85. The van der Waals surface area contributed by atoms with Gasteiger partial charge in [0.05, 0.1) is 11.3 Å². The summed E-state index contributed by atoms with van der Waals surface area (Å²) >= 11 is 0. The topological polar surface area (TPSA) is 117 Å². The van der Waals surface area contributed by atoms with Crippen LogP contribution in [-0.4, -0.2) is 33.0 Å². The lowest BCUT2D eigenvalue weighted by Crippen LogP contribution is -2.11. The van der Waals surface area contributed by atoms with E-state index in [2.05, 4.69) is 10.3 Å². The second kappa shape index (κ2) is 6.99. The number of carbonyl (C=O) groups is 3. The quantitative estimate of drug-likeness (QED) is 0.728. The number of carbonyl (C=O) groups excluding carboxylic acids is 1. The molecule has 0 bridgehead atoms. The molecule has 1 aromatic heterocycles. The van der Waals surface area contributed by atoms with Crippen LogP contribution in [0.25, 0.3) is 6.08 Å². The largest absolute Gasteiger partial charge is 0.478 e. The first-order chi connectivity index (χ1) is 11.0. The molecule has 0 fully saturated rings. The van der Waals surface area contributed by atoms with Crippen LogP contribution in [0.2, 0.25) is 0 Å². The van der Waals surface area contributed by atoms with E-state index < -0.39 is 17.8 Å². The smallest absolute Gasteiger partial charge is 0.354 e. The van der Waals surface area contributed by atoms with Gasteiger partial charge in [-0.25, -0.2) is 14.6 Å². The molecule has 2 aromatic rings. The van der Waals surface area contributed by atoms with Crippen molar-refractivity contribution in [3.05, 3.63) is 65.5 Å². The summed E-state index contributed by atoms with van der Waals surface area (Å²) in [6.45, 7) is 0. The molecule has 0 unspecified atom stereocenters. The number of hydrogen-bond donors (Lipinski definition) is 3. The molecular formula is C16H12N2O5.